The van der Waals surface area contributed by atoms with E-state index < -0.39 is 6.10 Å². The van der Waals surface area contributed by atoms with E-state index in [2.05, 4.69) is 0 Å². The molecule has 1 aliphatic heterocycles. The molecule has 1 unspecified atom stereocenters. The molecule has 1 aliphatic rings. The van der Waals surface area contributed by atoms with E-state index >= 15 is 0 Å². The van der Waals surface area contributed by atoms with Gasteiger partial charge in [-0.15, -0.1) is 0 Å². The number of piperazine rings is 1. The molecule has 0 bridgehead atoms. The maximum Gasteiger partial charge on any atom is 0.263 e. The van der Waals surface area contributed by atoms with Gasteiger partial charge >= 0.3 is 0 Å². The van der Waals surface area contributed by atoms with Crippen LogP contribution in [-0.4, -0.2) is 80.3 Å². The van der Waals surface area contributed by atoms with Gasteiger partial charge in [0, 0.05) is 31.7 Å². The summed E-state index contributed by atoms with van der Waals surface area (Å²) in [7, 11) is 4.50. The fourth-order valence-corrected chi connectivity index (χ4v) is 3.55. The van der Waals surface area contributed by atoms with E-state index in [0.29, 0.717) is 54.7 Å². The molecular formula is C23H28N2O7. The number of ether oxygens (including phenoxy) is 4. The number of rotatable bonds is 7. The molecule has 0 aliphatic carbocycles. The van der Waals surface area contributed by atoms with Crippen LogP contribution in [0.3, 0.4) is 0 Å². The van der Waals surface area contributed by atoms with Gasteiger partial charge in [-0.25, -0.2) is 0 Å². The molecule has 9 heteroatoms. The second kappa shape index (κ2) is 10.1. The van der Waals surface area contributed by atoms with Crippen LogP contribution in [0.5, 0.6) is 28.7 Å². The molecule has 1 fully saturated rings. The number of phenolic OH excluding ortho intramolecular Hbond substituents is 1. The average molecular weight is 444 g/mol. The zero-order valence-corrected chi connectivity index (χ0v) is 18.7. The van der Waals surface area contributed by atoms with Gasteiger partial charge in [0.05, 0.1) is 21.3 Å². The third kappa shape index (κ3) is 4.99. The maximum atomic E-state index is 13.0. The SMILES string of the molecule is COc1cc(C(=O)N2CCN(C(=O)C(C)Oc3ccc(O)cc3)CC2)cc(OC)c1OC. The number of nitrogens with zero attached hydrogens (tertiary/aromatic N) is 2. The molecule has 0 radical (unpaired) electrons. The Balaban J connectivity index is 1.62. The molecule has 2 amide bonds. The first-order chi connectivity index (χ1) is 15.4. The van der Waals surface area contributed by atoms with Gasteiger partial charge < -0.3 is 33.9 Å². The molecular weight excluding hydrogens is 416 g/mol. The van der Waals surface area contributed by atoms with Crippen molar-refractivity contribution >= 4 is 11.8 Å². The summed E-state index contributed by atoms with van der Waals surface area (Å²) < 4.78 is 21.6. The summed E-state index contributed by atoms with van der Waals surface area (Å²) in [6.07, 6.45) is -0.683. The van der Waals surface area contributed by atoms with Crippen molar-refractivity contribution in [3.63, 3.8) is 0 Å². The number of amides is 2. The van der Waals surface area contributed by atoms with E-state index in [9.17, 15) is 14.7 Å². The molecule has 0 aromatic heterocycles. The molecule has 1 N–H and O–H groups in total. The Morgan fingerprint density at radius 1 is 0.875 bits per heavy atom. The predicted octanol–water partition coefficient (Wildman–Crippen LogP) is 2.17. The summed E-state index contributed by atoms with van der Waals surface area (Å²) in [5.74, 6) is 1.53. The summed E-state index contributed by atoms with van der Waals surface area (Å²) in [6, 6.07) is 9.45. The second-order valence-electron chi connectivity index (χ2n) is 7.29. The molecule has 0 saturated carbocycles. The van der Waals surface area contributed by atoms with Crippen LogP contribution >= 0.6 is 0 Å². The summed E-state index contributed by atoms with van der Waals surface area (Å²) in [5.41, 5.74) is 0.420. The fourth-order valence-electron chi connectivity index (χ4n) is 3.55. The lowest BCUT2D eigenvalue weighted by Crippen LogP contribution is -2.53. The molecule has 32 heavy (non-hydrogen) atoms. The smallest absolute Gasteiger partial charge is 0.263 e. The first-order valence-electron chi connectivity index (χ1n) is 10.2. The third-order valence-electron chi connectivity index (χ3n) is 5.29. The molecule has 2 aromatic rings. The van der Waals surface area contributed by atoms with Crippen molar-refractivity contribution in [1.29, 1.82) is 0 Å². The second-order valence-corrected chi connectivity index (χ2v) is 7.29. The molecule has 1 atom stereocenters. The molecule has 9 nitrogen and oxygen atoms in total. The van der Waals surface area contributed by atoms with E-state index in [-0.39, 0.29) is 17.6 Å². The minimum Gasteiger partial charge on any atom is -0.508 e. The summed E-state index contributed by atoms with van der Waals surface area (Å²) in [5, 5.41) is 9.36. The number of phenols is 1. The average Bonchev–Trinajstić information content (AvgIpc) is 2.83. The van der Waals surface area contributed by atoms with Crippen molar-refractivity contribution in [3.05, 3.63) is 42.0 Å². The molecule has 3 rings (SSSR count). The molecule has 1 saturated heterocycles. The highest BCUT2D eigenvalue weighted by molar-refractivity contribution is 5.96. The van der Waals surface area contributed by atoms with Crippen molar-refractivity contribution in [2.75, 3.05) is 47.5 Å². The van der Waals surface area contributed by atoms with Crippen molar-refractivity contribution in [2.45, 2.75) is 13.0 Å². The molecule has 2 aromatic carbocycles. The van der Waals surface area contributed by atoms with Crippen LogP contribution in [0.2, 0.25) is 0 Å². The number of methoxy groups -OCH3 is 3. The Bertz CT molecular complexity index is 928. The fraction of sp³-hybridized carbons (Fsp3) is 0.391. The first kappa shape index (κ1) is 23.1. The van der Waals surface area contributed by atoms with Gasteiger partial charge in [-0.2, -0.15) is 0 Å². The van der Waals surface area contributed by atoms with Crippen molar-refractivity contribution in [2.24, 2.45) is 0 Å². The van der Waals surface area contributed by atoms with Gasteiger partial charge in [0.1, 0.15) is 11.5 Å². The van der Waals surface area contributed by atoms with Gasteiger partial charge in [-0.1, -0.05) is 0 Å². The van der Waals surface area contributed by atoms with Crippen molar-refractivity contribution < 1.29 is 33.6 Å². The number of benzene rings is 2. The zero-order chi connectivity index (χ0) is 23.3. The first-order valence-corrected chi connectivity index (χ1v) is 10.2. The topological polar surface area (TPSA) is 97.8 Å². The number of hydrogen-bond donors (Lipinski definition) is 1. The van der Waals surface area contributed by atoms with Gasteiger partial charge in [0.2, 0.25) is 5.75 Å². The monoisotopic (exact) mass is 444 g/mol. The number of hydrogen-bond acceptors (Lipinski definition) is 7. The van der Waals surface area contributed by atoms with E-state index in [1.807, 2.05) is 0 Å². The summed E-state index contributed by atoms with van der Waals surface area (Å²) >= 11 is 0. The van der Waals surface area contributed by atoms with Crippen molar-refractivity contribution in [1.82, 2.24) is 9.80 Å². The normalized spacial score (nSPS) is 14.5. The van der Waals surface area contributed by atoms with Crippen molar-refractivity contribution in [3.8, 4) is 28.7 Å². The Morgan fingerprint density at radius 3 is 1.91 bits per heavy atom. The summed E-state index contributed by atoms with van der Waals surface area (Å²) in [4.78, 5) is 29.2. The third-order valence-corrected chi connectivity index (χ3v) is 5.29. The number of carbonyl (C=O) groups is 2. The Kier molecular flexibility index (Phi) is 7.29. The molecule has 1 heterocycles. The largest absolute Gasteiger partial charge is 0.508 e. The summed E-state index contributed by atoms with van der Waals surface area (Å²) in [6.45, 7) is 3.28. The minimum atomic E-state index is -0.683. The molecule has 172 valence electrons. The maximum absolute atomic E-state index is 13.0. The van der Waals surface area contributed by atoms with Crippen LogP contribution < -0.4 is 18.9 Å². The van der Waals surface area contributed by atoms with Gasteiger partial charge in [-0.05, 0) is 43.3 Å². The van der Waals surface area contributed by atoms with E-state index in [0.717, 1.165) is 0 Å². The van der Waals surface area contributed by atoms with Gasteiger partial charge in [-0.3, -0.25) is 9.59 Å². The number of aromatic hydroxyl groups is 1. The van der Waals surface area contributed by atoms with E-state index in [4.69, 9.17) is 18.9 Å². The van der Waals surface area contributed by atoms with Crippen LogP contribution in [0.25, 0.3) is 0 Å². The van der Waals surface area contributed by atoms with Gasteiger partial charge in [0.15, 0.2) is 17.6 Å². The lowest BCUT2D eigenvalue weighted by atomic mass is 10.1. The van der Waals surface area contributed by atoms with Crippen LogP contribution in [0, 0.1) is 0 Å². The van der Waals surface area contributed by atoms with Crippen LogP contribution in [-0.2, 0) is 4.79 Å². The van der Waals surface area contributed by atoms with Gasteiger partial charge in [0.25, 0.3) is 11.8 Å². The number of carbonyl (C=O) groups excluding carboxylic acids is 2. The Morgan fingerprint density at radius 2 is 1.41 bits per heavy atom. The van der Waals surface area contributed by atoms with Crippen LogP contribution in [0.1, 0.15) is 17.3 Å². The zero-order valence-electron chi connectivity index (χ0n) is 18.7. The lowest BCUT2D eigenvalue weighted by Gasteiger charge is -2.36. The highest BCUT2D eigenvalue weighted by Crippen LogP contribution is 2.38. The van der Waals surface area contributed by atoms with Crippen LogP contribution in [0.15, 0.2) is 36.4 Å². The highest BCUT2D eigenvalue weighted by Gasteiger charge is 2.29. The predicted molar refractivity (Wildman–Crippen MR) is 117 cm³/mol. The molecule has 0 spiro atoms. The Labute approximate surface area is 187 Å². The minimum absolute atomic E-state index is 0.129. The quantitative estimate of drug-likeness (QED) is 0.699. The standard InChI is InChI=1S/C23H28N2O7/c1-15(32-18-7-5-17(26)6-8-18)22(27)24-9-11-25(12-10-24)23(28)16-13-19(29-2)21(31-4)20(14-16)30-3/h5-8,13-15,26H,9-12H2,1-4H3. The van der Waals surface area contributed by atoms with E-state index in [1.165, 1.54) is 33.5 Å². The lowest BCUT2D eigenvalue weighted by molar-refractivity contribution is -0.139. The highest BCUT2D eigenvalue weighted by atomic mass is 16.5. The van der Waals surface area contributed by atoms with E-state index in [1.54, 1.807) is 41.0 Å². The Hall–Kier alpha value is -3.62. The van der Waals surface area contributed by atoms with Crippen LogP contribution in [0.4, 0.5) is 0 Å².